The molecule has 1 saturated carbocycles. The summed E-state index contributed by atoms with van der Waals surface area (Å²) in [5, 5.41) is 1.93. The lowest BCUT2D eigenvalue weighted by Gasteiger charge is -2.09. The van der Waals surface area contributed by atoms with Gasteiger partial charge in [-0.2, -0.15) is 0 Å². The van der Waals surface area contributed by atoms with Gasteiger partial charge in [0.2, 0.25) is 0 Å². The molecule has 0 spiro atoms. The Hall–Kier alpha value is -3.35. The number of furan rings is 1. The lowest BCUT2D eigenvalue weighted by molar-refractivity contribution is 0.104. The van der Waals surface area contributed by atoms with Crippen molar-refractivity contribution in [3.8, 4) is 11.5 Å². The molecule has 0 unspecified atom stereocenters. The van der Waals surface area contributed by atoms with E-state index in [-0.39, 0.29) is 16.0 Å². The second-order valence-electron chi connectivity index (χ2n) is 7.76. The number of nitrogens with zero attached hydrogens (tertiary/aromatic N) is 2. The zero-order chi connectivity index (χ0) is 21.8. The summed E-state index contributed by atoms with van der Waals surface area (Å²) in [6.07, 6.45) is 5.22. The topological polar surface area (TPSA) is 81.0 Å². The van der Waals surface area contributed by atoms with Gasteiger partial charge in [0.15, 0.2) is 17.1 Å². The summed E-state index contributed by atoms with van der Waals surface area (Å²) in [6, 6.07) is 12.8. The number of carbonyl (C=O) groups excluding carboxylic acids is 1. The van der Waals surface area contributed by atoms with E-state index in [1.807, 2.05) is 18.2 Å². The molecule has 32 heavy (non-hydrogen) atoms. The highest BCUT2D eigenvalue weighted by molar-refractivity contribution is 6.38. The van der Waals surface area contributed by atoms with E-state index < -0.39 is 0 Å². The van der Waals surface area contributed by atoms with Crippen LogP contribution < -0.4 is 4.74 Å². The third kappa shape index (κ3) is 3.23. The zero-order valence-electron chi connectivity index (χ0n) is 16.6. The number of halogens is 2. The van der Waals surface area contributed by atoms with Gasteiger partial charge in [0.05, 0.1) is 16.0 Å². The number of aromatic nitrogens is 3. The largest absolute Gasteiger partial charge is 0.457 e. The van der Waals surface area contributed by atoms with E-state index in [0.29, 0.717) is 45.2 Å². The Labute approximate surface area is 192 Å². The van der Waals surface area contributed by atoms with Crippen molar-refractivity contribution in [3.05, 3.63) is 82.1 Å². The second-order valence-corrected chi connectivity index (χ2v) is 8.53. The molecule has 3 heterocycles. The zero-order valence-corrected chi connectivity index (χ0v) is 18.1. The van der Waals surface area contributed by atoms with Crippen LogP contribution in [0.4, 0.5) is 0 Å². The van der Waals surface area contributed by atoms with Crippen molar-refractivity contribution in [1.29, 1.82) is 0 Å². The van der Waals surface area contributed by atoms with Gasteiger partial charge in [-0.25, -0.2) is 9.97 Å². The summed E-state index contributed by atoms with van der Waals surface area (Å²) >= 11 is 12.6. The van der Waals surface area contributed by atoms with Crippen LogP contribution in [0.5, 0.6) is 11.5 Å². The van der Waals surface area contributed by atoms with Crippen LogP contribution in [0.1, 0.15) is 40.4 Å². The molecule has 158 valence electrons. The molecule has 1 N–H and O–H groups in total. The van der Waals surface area contributed by atoms with Crippen LogP contribution in [0.2, 0.25) is 10.2 Å². The fourth-order valence-corrected chi connectivity index (χ4v) is 4.32. The van der Waals surface area contributed by atoms with Gasteiger partial charge in [-0.15, -0.1) is 0 Å². The van der Waals surface area contributed by atoms with Gasteiger partial charge in [-0.1, -0.05) is 35.3 Å². The minimum atomic E-state index is -0.285. The van der Waals surface area contributed by atoms with Crippen molar-refractivity contribution in [2.24, 2.45) is 0 Å². The molecular formula is C24H15Cl2N3O3. The number of hydrogen-bond acceptors (Lipinski definition) is 5. The number of fused-ring (bicyclic) bond motifs is 2. The van der Waals surface area contributed by atoms with E-state index in [9.17, 15) is 4.79 Å². The third-order valence-electron chi connectivity index (χ3n) is 5.59. The average Bonchev–Trinajstić information content (AvgIpc) is 3.38. The number of rotatable bonds is 5. The number of carbonyl (C=O) groups is 1. The number of ether oxygens (including phenoxy) is 1. The molecule has 8 heteroatoms. The van der Waals surface area contributed by atoms with Gasteiger partial charge >= 0.3 is 0 Å². The Morgan fingerprint density at radius 3 is 2.78 bits per heavy atom. The highest BCUT2D eigenvalue weighted by Crippen LogP contribution is 2.44. The maximum Gasteiger partial charge on any atom is 0.196 e. The molecule has 0 amide bonds. The standard InChI is InChI=1S/C24H15Cl2N3O3/c25-17-9-14(31-18-3-1-2-13-8-19(12-4-5-12)32-22(13)18)6-7-15(17)21(30)16-10-27-24-20(16)23(26)28-11-29-24/h1-3,6-12H,4-5H2,(H,27,28,29). The van der Waals surface area contributed by atoms with E-state index in [0.717, 1.165) is 24.0 Å². The predicted molar refractivity (Wildman–Crippen MR) is 122 cm³/mol. The van der Waals surface area contributed by atoms with Gasteiger partial charge in [-0.05, 0) is 37.1 Å². The SMILES string of the molecule is O=C(c1ccc(Oc2cccc3cc(C4CC4)oc23)cc1Cl)c1c[nH]c2ncnc(Cl)c12. The van der Waals surface area contributed by atoms with E-state index in [4.69, 9.17) is 32.4 Å². The van der Waals surface area contributed by atoms with Crippen LogP contribution >= 0.6 is 23.2 Å². The fraction of sp³-hybridized carbons (Fsp3) is 0.125. The molecule has 6 rings (SSSR count). The first-order chi connectivity index (χ1) is 15.6. The van der Waals surface area contributed by atoms with Crippen LogP contribution in [-0.2, 0) is 0 Å². The molecule has 0 radical (unpaired) electrons. The molecule has 6 nitrogen and oxygen atoms in total. The lowest BCUT2D eigenvalue weighted by atomic mass is 10.0. The summed E-state index contributed by atoms with van der Waals surface area (Å²) in [4.78, 5) is 24.1. The molecule has 0 saturated heterocycles. The molecular weight excluding hydrogens is 449 g/mol. The van der Waals surface area contributed by atoms with Gasteiger partial charge < -0.3 is 14.1 Å². The molecule has 3 aromatic heterocycles. The molecule has 2 aromatic carbocycles. The summed E-state index contributed by atoms with van der Waals surface area (Å²) < 4.78 is 12.1. The first-order valence-electron chi connectivity index (χ1n) is 10.1. The Morgan fingerprint density at radius 1 is 1.09 bits per heavy atom. The third-order valence-corrected chi connectivity index (χ3v) is 6.19. The second kappa shape index (κ2) is 7.36. The van der Waals surface area contributed by atoms with Gasteiger partial charge in [-0.3, -0.25) is 4.79 Å². The number of para-hydroxylation sites is 1. The smallest absolute Gasteiger partial charge is 0.196 e. The van der Waals surface area contributed by atoms with Crippen LogP contribution in [0, 0.1) is 0 Å². The minimum absolute atomic E-state index is 0.202. The van der Waals surface area contributed by atoms with E-state index in [1.54, 1.807) is 24.4 Å². The van der Waals surface area contributed by atoms with Crippen molar-refractivity contribution in [2.75, 3.05) is 0 Å². The van der Waals surface area contributed by atoms with E-state index in [2.05, 4.69) is 21.0 Å². The summed E-state index contributed by atoms with van der Waals surface area (Å²) in [5.41, 5.74) is 1.88. The molecule has 0 atom stereocenters. The van der Waals surface area contributed by atoms with Crippen LogP contribution in [0.15, 0.2) is 59.4 Å². The van der Waals surface area contributed by atoms with Crippen LogP contribution in [0.3, 0.4) is 0 Å². The van der Waals surface area contributed by atoms with Gasteiger partial charge in [0.25, 0.3) is 0 Å². The monoisotopic (exact) mass is 463 g/mol. The highest BCUT2D eigenvalue weighted by atomic mass is 35.5. The fourth-order valence-electron chi connectivity index (χ4n) is 3.83. The normalized spacial score (nSPS) is 13.7. The van der Waals surface area contributed by atoms with E-state index in [1.165, 1.54) is 6.33 Å². The Morgan fingerprint density at radius 2 is 1.97 bits per heavy atom. The molecule has 1 aliphatic carbocycles. The lowest BCUT2D eigenvalue weighted by Crippen LogP contribution is -2.02. The van der Waals surface area contributed by atoms with Crippen molar-refractivity contribution >= 4 is 51.0 Å². The molecule has 0 aliphatic heterocycles. The van der Waals surface area contributed by atoms with E-state index >= 15 is 0 Å². The Bertz CT molecular complexity index is 1520. The molecule has 5 aromatic rings. The molecule has 1 aliphatic rings. The van der Waals surface area contributed by atoms with Gasteiger partial charge in [0.1, 0.15) is 28.6 Å². The maximum atomic E-state index is 13.1. The van der Waals surface area contributed by atoms with Crippen molar-refractivity contribution in [2.45, 2.75) is 18.8 Å². The maximum absolute atomic E-state index is 13.1. The summed E-state index contributed by atoms with van der Waals surface area (Å²) in [6.45, 7) is 0. The first kappa shape index (κ1) is 19.3. The summed E-state index contributed by atoms with van der Waals surface area (Å²) in [5.74, 6) is 2.33. The number of hydrogen-bond donors (Lipinski definition) is 1. The predicted octanol–water partition coefficient (Wildman–Crippen LogP) is 6.91. The van der Waals surface area contributed by atoms with Crippen molar-refractivity contribution in [1.82, 2.24) is 15.0 Å². The quantitative estimate of drug-likeness (QED) is 0.226. The number of benzene rings is 2. The average molecular weight is 464 g/mol. The van der Waals surface area contributed by atoms with Crippen LogP contribution in [-0.4, -0.2) is 20.7 Å². The highest BCUT2D eigenvalue weighted by Gasteiger charge is 2.28. The molecule has 0 bridgehead atoms. The minimum Gasteiger partial charge on any atom is -0.457 e. The van der Waals surface area contributed by atoms with Crippen molar-refractivity contribution in [3.63, 3.8) is 0 Å². The Kier molecular flexibility index (Phi) is 4.45. The number of aromatic amines is 1. The Balaban J connectivity index is 1.32. The number of ketones is 1. The van der Waals surface area contributed by atoms with Gasteiger partial charge in [0, 0.05) is 29.1 Å². The molecule has 1 fully saturated rings. The summed E-state index contributed by atoms with van der Waals surface area (Å²) in [7, 11) is 0. The van der Waals surface area contributed by atoms with Crippen LogP contribution in [0.25, 0.3) is 22.0 Å². The number of nitrogens with one attached hydrogen (secondary N) is 1. The number of H-pyrrole nitrogens is 1. The van der Waals surface area contributed by atoms with Crippen molar-refractivity contribution < 1.29 is 13.9 Å². The first-order valence-corrected chi connectivity index (χ1v) is 10.9.